The summed E-state index contributed by atoms with van der Waals surface area (Å²) in [6.07, 6.45) is 1.18. The minimum absolute atomic E-state index is 0.230. The zero-order valence-electron chi connectivity index (χ0n) is 12.8. The molecule has 2 aromatic carbocycles. The highest BCUT2D eigenvalue weighted by molar-refractivity contribution is 5.88. The molecule has 1 heterocycles. The molecule has 4 heteroatoms. The molecule has 0 unspecified atom stereocenters. The Bertz CT molecular complexity index is 870. The molecule has 0 amide bonds. The van der Waals surface area contributed by atoms with E-state index in [9.17, 15) is 9.90 Å². The molecule has 0 atom stereocenters. The van der Waals surface area contributed by atoms with Crippen LogP contribution >= 0.6 is 0 Å². The Morgan fingerprint density at radius 2 is 1.78 bits per heavy atom. The Kier molecular flexibility index (Phi) is 3.98. The van der Waals surface area contributed by atoms with Gasteiger partial charge in [0.15, 0.2) is 0 Å². The molecule has 0 saturated heterocycles. The van der Waals surface area contributed by atoms with E-state index in [2.05, 4.69) is 4.98 Å². The third-order valence-electron chi connectivity index (χ3n) is 3.96. The van der Waals surface area contributed by atoms with Crippen LogP contribution in [0, 0.1) is 0 Å². The van der Waals surface area contributed by atoms with Crippen LogP contribution in [-0.2, 0) is 12.8 Å². The Hall–Kier alpha value is -2.88. The molecular weight excluding hydrogens is 290 g/mol. The molecule has 23 heavy (non-hydrogen) atoms. The Morgan fingerprint density at radius 3 is 2.43 bits per heavy atom. The first-order valence-electron chi connectivity index (χ1n) is 7.52. The molecule has 3 rings (SSSR count). The van der Waals surface area contributed by atoms with Gasteiger partial charge >= 0.3 is 5.97 Å². The van der Waals surface area contributed by atoms with E-state index in [-0.39, 0.29) is 11.3 Å². The van der Waals surface area contributed by atoms with Crippen LogP contribution in [0.2, 0.25) is 0 Å². The van der Waals surface area contributed by atoms with E-state index >= 15 is 0 Å². The number of aryl methyl sites for hydroxylation is 1. The predicted octanol–water partition coefficient (Wildman–Crippen LogP) is 3.79. The standard InChI is InChI=1S/C19H17NO3/c1-2-16-18(21)15(14-5-3-4-6-17(14)20-16)11-12-7-9-13(10-8-12)19(22)23/h3-10,21H,2,11H2,1H3,(H,22,23). The number of pyridine rings is 1. The number of para-hydroxylation sites is 1. The molecule has 3 aromatic rings. The molecule has 0 bridgehead atoms. The van der Waals surface area contributed by atoms with Crippen molar-refractivity contribution in [2.45, 2.75) is 19.8 Å². The predicted molar refractivity (Wildman–Crippen MR) is 89.0 cm³/mol. The molecule has 0 aliphatic rings. The van der Waals surface area contributed by atoms with Gasteiger partial charge in [0.05, 0.1) is 16.8 Å². The molecule has 1 aromatic heterocycles. The van der Waals surface area contributed by atoms with E-state index in [0.717, 1.165) is 22.0 Å². The maximum Gasteiger partial charge on any atom is 0.335 e. The van der Waals surface area contributed by atoms with Crippen molar-refractivity contribution in [3.05, 3.63) is 70.9 Å². The van der Waals surface area contributed by atoms with Gasteiger partial charge in [-0.05, 0) is 30.2 Å². The fraction of sp³-hybridized carbons (Fsp3) is 0.158. The lowest BCUT2D eigenvalue weighted by molar-refractivity contribution is 0.0697. The monoisotopic (exact) mass is 307 g/mol. The smallest absolute Gasteiger partial charge is 0.335 e. The molecule has 0 aliphatic carbocycles. The van der Waals surface area contributed by atoms with Crippen LogP contribution in [0.1, 0.15) is 34.1 Å². The van der Waals surface area contributed by atoms with Crippen molar-refractivity contribution in [2.24, 2.45) is 0 Å². The lowest BCUT2D eigenvalue weighted by Crippen LogP contribution is -1.99. The van der Waals surface area contributed by atoms with Gasteiger partial charge in [-0.3, -0.25) is 0 Å². The highest BCUT2D eigenvalue weighted by Gasteiger charge is 2.14. The van der Waals surface area contributed by atoms with Gasteiger partial charge in [0.1, 0.15) is 5.75 Å². The topological polar surface area (TPSA) is 70.4 Å². The summed E-state index contributed by atoms with van der Waals surface area (Å²) in [5.41, 5.74) is 3.58. The van der Waals surface area contributed by atoms with Crippen LogP contribution < -0.4 is 0 Å². The zero-order valence-corrected chi connectivity index (χ0v) is 12.8. The number of nitrogens with zero attached hydrogens (tertiary/aromatic N) is 1. The van der Waals surface area contributed by atoms with Crippen molar-refractivity contribution in [1.82, 2.24) is 4.98 Å². The van der Waals surface area contributed by atoms with Crippen LogP contribution in [0.25, 0.3) is 10.9 Å². The van der Waals surface area contributed by atoms with Crippen molar-refractivity contribution in [3.63, 3.8) is 0 Å². The molecule has 0 fully saturated rings. The van der Waals surface area contributed by atoms with Gasteiger partial charge in [0.2, 0.25) is 0 Å². The Morgan fingerprint density at radius 1 is 1.09 bits per heavy atom. The number of aromatic nitrogens is 1. The summed E-state index contributed by atoms with van der Waals surface area (Å²) in [6, 6.07) is 14.5. The second-order valence-corrected chi connectivity index (χ2v) is 5.44. The van der Waals surface area contributed by atoms with Crippen LogP contribution in [0.5, 0.6) is 5.75 Å². The van der Waals surface area contributed by atoms with Crippen LogP contribution in [-0.4, -0.2) is 21.2 Å². The van der Waals surface area contributed by atoms with E-state index in [4.69, 9.17) is 5.11 Å². The van der Waals surface area contributed by atoms with Gasteiger partial charge in [-0.15, -0.1) is 0 Å². The maximum absolute atomic E-state index is 10.9. The first-order valence-corrected chi connectivity index (χ1v) is 7.52. The summed E-state index contributed by atoms with van der Waals surface area (Å²) in [7, 11) is 0. The average molecular weight is 307 g/mol. The molecular formula is C19H17NO3. The first-order chi connectivity index (χ1) is 11.1. The first kappa shape index (κ1) is 15.0. The third-order valence-corrected chi connectivity index (χ3v) is 3.96. The number of hydrogen-bond donors (Lipinski definition) is 2. The fourth-order valence-corrected chi connectivity index (χ4v) is 2.72. The lowest BCUT2D eigenvalue weighted by atomic mass is 9.98. The molecule has 0 spiro atoms. The second-order valence-electron chi connectivity index (χ2n) is 5.44. The van der Waals surface area contributed by atoms with Gasteiger partial charge in [-0.1, -0.05) is 37.3 Å². The summed E-state index contributed by atoms with van der Waals surface area (Å²) in [5.74, 6) is -0.712. The number of hydrogen-bond acceptors (Lipinski definition) is 3. The third kappa shape index (κ3) is 2.88. The molecule has 116 valence electrons. The van der Waals surface area contributed by atoms with Crippen molar-refractivity contribution >= 4 is 16.9 Å². The second kappa shape index (κ2) is 6.08. The summed E-state index contributed by atoms with van der Waals surface area (Å²) in [5, 5.41) is 20.4. The number of carboxylic acid groups (broad SMARTS) is 1. The summed E-state index contributed by atoms with van der Waals surface area (Å²) >= 11 is 0. The Balaban J connectivity index is 2.08. The minimum Gasteiger partial charge on any atom is -0.506 e. The molecule has 0 aliphatic heterocycles. The van der Waals surface area contributed by atoms with Crippen molar-refractivity contribution in [3.8, 4) is 5.75 Å². The van der Waals surface area contributed by atoms with Gasteiger partial charge in [-0.25, -0.2) is 9.78 Å². The number of aromatic hydroxyl groups is 1. The number of carbonyl (C=O) groups is 1. The van der Waals surface area contributed by atoms with Gasteiger partial charge in [0.25, 0.3) is 0 Å². The summed E-state index contributed by atoms with van der Waals surface area (Å²) in [4.78, 5) is 15.4. The zero-order chi connectivity index (χ0) is 16.4. The number of carboxylic acids is 1. The normalized spacial score (nSPS) is 10.8. The fourth-order valence-electron chi connectivity index (χ4n) is 2.72. The van der Waals surface area contributed by atoms with Crippen LogP contribution in [0.3, 0.4) is 0 Å². The van der Waals surface area contributed by atoms with E-state index in [1.165, 1.54) is 0 Å². The van der Waals surface area contributed by atoms with Crippen molar-refractivity contribution in [1.29, 1.82) is 0 Å². The van der Waals surface area contributed by atoms with Gasteiger partial charge in [0, 0.05) is 17.4 Å². The van der Waals surface area contributed by atoms with E-state index in [0.29, 0.717) is 18.5 Å². The lowest BCUT2D eigenvalue weighted by Gasteiger charge is -2.12. The Labute approximate surface area is 134 Å². The number of rotatable bonds is 4. The molecule has 0 saturated carbocycles. The van der Waals surface area contributed by atoms with E-state index < -0.39 is 5.97 Å². The maximum atomic E-state index is 10.9. The van der Waals surface area contributed by atoms with E-state index in [1.54, 1.807) is 24.3 Å². The highest BCUT2D eigenvalue weighted by Crippen LogP contribution is 2.31. The molecule has 4 nitrogen and oxygen atoms in total. The van der Waals surface area contributed by atoms with Gasteiger partial charge < -0.3 is 10.2 Å². The summed E-state index contributed by atoms with van der Waals surface area (Å²) < 4.78 is 0. The number of fused-ring (bicyclic) bond motifs is 1. The van der Waals surface area contributed by atoms with Crippen LogP contribution in [0.15, 0.2) is 48.5 Å². The van der Waals surface area contributed by atoms with Crippen molar-refractivity contribution < 1.29 is 15.0 Å². The number of benzene rings is 2. The quantitative estimate of drug-likeness (QED) is 0.769. The largest absolute Gasteiger partial charge is 0.506 e. The molecule has 0 radical (unpaired) electrons. The number of aromatic carboxylic acids is 1. The SMILES string of the molecule is CCc1nc2ccccc2c(Cc2ccc(C(=O)O)cc2)c1O. The minimum atomic E-state index is -0.943. The highest BCUT2D eigenvalue weighted by atomic mass is 16.4. The van der Waals surface area contributed by atoms with Crippen LogP contribution in [0.4, 0.5) is 0 Å². The van der Waals surface area contributed by atoms with Gasteiger partial charge in [-0.2, -0.15) is 0 Å². The average Bonchev–Trinajstić information content (AvgIpc) is 2.57. The van der Waals surface area contributed by atoms with Crippen molar-refractivity contribution in [2.75, 3.05) is 0 Å². The molecule has 2 N–H and O–H groups in total. The summed E-state index contributed by atoms with van der Waals surface area (Å²) in [6.45, 7) is 1.96. The van der Waals surface area contributed by atoms with E-state index in [1.807, 2.05) is 31.2 Å².